The molecule has 6 nitrogen and oxygen atoms in total. The Hall–Kier alpha value is -2.41. The van der Waals surface area contributed by atoms with Crippen LogP contribution >= 0.6 is 11.3 Å². The molecule has 0 bridgehead atoms. The van der Waals surface area contributed by atoms with Crippen LogP contribution in [0.2, 0.25) is 0 Å². The zero-order valence-electron chi connectivity index (χ0n) is 14.2. The summed E-state index contributed by atoms with van der Waals surface area (Å²) in [5, 5.41) is 2.41. The number of benzene rings is 1. The van der Waals surface area contributed by atoms with Crippen molar-refractivity contribution in [1.29, 1.82) is 0 Å². The molecule has 0 aliphatic heterocycles. The lowest BCUT2D eigenvalue weighted by Crippen LogP contribution is -2.43. The molecule has 2 N–H and O–H groups in total. The monoisotopic (exact) mass is 347 g/mol. The molecule has 2 rings (SSSR count). The zero-order valence-corrected chi connectivity index (χ0v) is 15.0. The van der Waals surface area contributed by atoms with Crippen molar-refractivity contribution in [3.63, 3.8) is 0 Å². The Labute approximate surface area is 145 Å². The van der Waals surface area contributed by atoms with E-state index < -0.39 is 11.8 Å². The van der Waals surface area contributed by atoms with E-state index in [1.807, 2.05) is 24.3 Å². The smallest absolute Gasteiger partial charge is 0.289 e. The highest BCUT2D eigenvalue weighted by Crippen LogP contribution is 2.24. The normalized spacial score (nSPS) is 11.0. The largest absolute Gasteiger partial charge is 0.484 e. The van der Waals surface area contributed by atoms with Crippen molar-refractivity contribution >= 4 is 23.2 Å². The third-order valence-electron chi connectivity index (χ3n) is 3.26. The van der Waals surface area contributed by atoms with Crippen LogP contribution in [0.1, 0.15) is 41.8 Å². The maximum Gasteiger partial charge on any atom is 0.289 e. The summed E-state index contributed by atoms with van der Waals surface area (Å²) in [5.74, 6) is -0.308. The van der Waals surface area contributed by atoms with E-state index in [2.05, 4.69) is 36.6 Å². The van der Waals surface area contributed by atoms with Gasteiger partial charge in [0.25, 0.3) is 11.8 Å². The topological polar surface area (TPSA) is 80.3 Å². The standard InChI is InChI=1S/C17H21N3O3S/c1-11-18-14(10-24-11)16(22)20-19-15(21)9-23-13-7-5-12(6-8-13)17(2,3)4/h5-8,10H,9H2,1-4H3,(H,19,21)(H,20,22). The van der Waals surface area contributed by atoms with E-state index >= 15 is 0 Å². The summed E-state index contributed by atoms with van der Waals surface area (Å²) in [4.78, 5) is 27.5. The number of aryl methyl sites for hydroxylation is 1. The lowest BCUT2D eigenvalue weighted by atomic mass is 9.87. The highest BCUT2D eigenvalue weighted by molar-refractivity contribution is 7.09. The minimum absolute atomic E-state index is 0.0637. The van der Waals surface area contributed by atoms with Crippen LogP contribution in [0.5, 0.6) is 5.75 Å². The number of rotatable bonds is 4. The number of thiazole rings is 1. The van der Waals surface area contributed by atoms with E-state index in [4.69, 9.17) is 4.74 Å². The maximum absolute atomic E-state index is 11.7. The Morgan fingerprint density at radius 1 is 1.17 bits per heavy atom. The van der Waals surface area contributed by atoms with Gasteiger partial charge in [-0.05, 0) is 30.0 Å². The number of hydrogen-bond donors (Lipinski definition) is 2. The van der Waals surface area contributed by atoms with Crippen LogP contribution in [-0.4, -0.2) is 23.4 Å². The van der Waals surface area contributed by atoms with Gasteiger partial charge in [-0.1, -0.05) is 32.9 Å². The predicted molar refractivity (Wildman–Crippen MR) is 93.1 cm³/mol. The van der Waals surface area contributed by atoms with Gasteiger partial charge < -0.3 is 4.74 Å². The van der Waals surface area contributed by atoms with Crippen molar-refractivity contribution in [2.75, 3.05) is 6.61 Å². The van der Waals surface area contributed by atoms with Crippen LogP contribution in [0, 0.1) is 6.92 Å². The first-order chi connectivity index (χ1) is 11.3. The molecule has 0 aliphatic carbocycles. The number of amides is 2. The number of aromatic nitrogens is 1. The quantitative estimate of drug-likeness (QED) is 0.833. The van der Waals surface area contributed by atoms with Gasteiger partial charge in [0.05, 0.1) is 5.01 Å². The van der Waals surface area contributed by atoms with Crippen LogP contribution in [0.15, 0.2) is 29.6 Å². The van der Waals surface area contributed by atoms with Gasteiger partial charge in [0, 0.05) is 5.38 Å². The third-order valence-corrected chi connectivity index (χ3v) is 4.03. The number of hydrogen-bond acceptors (Lipinski definition) is 5. The fraction of sp³-hybridized carbons (Fsp3) is 0.353. The van der Waals surface area contributed by atoms with Crippen LogP contribution < -0.4 is 15.6 Å². The molecule has 2 amide bonds. The molecule has 1 aromatic heterocycles. The first-order valence-corrected chi connectivity index (χ1v) is 8.38. The van der Waals surface area contributed by atoms with E-state index in [0.29, 0.717) is 5.75 Å². The van der Waals surface area contributed by atoms with E-state index in [0.717, 1.165) is 5.01 Å². The summed E-state index contributed by atoms with van der Waals surface area (Å²) >= 11 is 1.37. The van der Waals surface area contributed by atoms with Gasteiger partial charge in [-0.15, -0.1) is 11.3 Å². The Morgan fingerprint density at radius 2 is 1.83 bits per heavy atom. The number of ether oxygens (including phenoxy) is 1. The molecule has 0 spiro atoms. The highest BCUT2D eigenvalue weighted by Gasteiger charge is 2.13. The zero-order chi connectivity index (χ0) is 17.7. The van der Waals surface area contributed by atoms with Gasteiger partial charge in [0.15, 0.2) is 6.61 Å². The lowest BCUT2D eigenvalue weighted by molar-refractivity contribution is -0.123. The Balaban J connectivity index is 1.78. The highest BCUT2D eigenvalue weighted by atomic mass is 32.1. The van der Waals surface area contributed by atoms with E-state index in [1.54, 1.807) is 12.3 Å². The fourth-order valence-electron chi connectivity index (χ4n) is 1.89. The molecule has 1 aromatic carbocycles. The van der Waals surface area contributed by atoms with Crippen molar-refractivity contribution in [2.45, 2.75) is 33.1 Å². The summed E-state index contributed by atoms with van der Waals surface area (Å²) < 4.78 is 5.40. The van der Waals surface area contributed by atoms with Gasteiger partial charge in [-0.2, -0.15) is 0 Å². The molecule has 7 heteroatoms. The molecule has 128 valence electrons. The van der Waals surface area contributed by atoms with Crippen molar-refractivity contribution in [3.05, 3.63) is 45.9 Å². The summed E-state index contributed by atoms with van der Waals surface area (Å²) in [6, 6.07) is 7.59. The van der Waals surface area contributed by atoms with Gasteiger partial charge in [-0.25, -0.2) is 4.98 Å². The van der Waals surface area contributed by atoms with Crippen LogP contribution in [-0.2, 0) is 10.2 Å². The molecule has 0 radical (unpaired) electrons. The van der Waals surface area contributed by atoms with Crippen molar-refractivity contribution < 1.29 is 14.3 Å². The Kier molecular flexibility index (Phi) is 5.56. The molecule has 1 heterocycles. The molecule has 2 aromatic rings. The molecule has 24 heavy (non-hydrogen) atoms. The van der Waals surface area contributed by atoms with Crippen molar-refractivity contribution in [3.8, 4) is 5.75 Å². The van der Waals surface area contributed by atoms with E-state index in [-0.39, 0.29) is 17.7 Å². The number of carbonyl (C=O) groups is 2. The molecule has 0 saturated carbocycles. The molecular formula is C17H21N3O3S. The van der Waals surface area contributed by atoms with Crippen LogP contribution in [0.4, 0.5) is 0 Å². The molecular weight excluding hydrogens is 326 g/mol. The van der Waals surface area contributed by atoms with E-state index in [1.165, 1.54) is 16.9 Å². The van der Waals surface area contributed by atoms with E-state index in [9.17, 15) is 9.59 Å². The third kappa shape index (κ3) is 5.06. The van der Waals surface area contributed by atoms with Gasteiger partial charge >= 0.3 is 0 Å². The predicted octanol–water partition coefficient (Wildman–Crippen LogP) is 2.59. The maximum atomic E-state index is 11.7. The SMILES string of the molecule is Cc1nc(C(=O)NNC(=O)COc2ccc(C(C)(C)C)cc2)cs1. The molecule has 0 aliphatic rings. The minimum atomic E-state index is -0.456. The van der Waals surface area contributed by atoms with Gasteiger partial charge in [0.1, 0.15) is 11.4 Å². The average molecular weight is 347 g/mol. The summed E-state index contributed by atoms with van der Waals surface area (Å²) in [6.07, 6.45) is 0. The number of carbonyl (C=O) groups excluding carboxylic acids is 2. The molecule has 0 saturated heterocycles. The number of nitrogens with one attached hydrogen (secondary N) is 2. The summed E-state index contributed by atoms with van der Waals surface area (Å²) in [5.41, 5.74) is 6.12. The lowest BCUT2D eigenvalue weighted by Gasteiger charge is -2.19. The van der Waals surface area contributed by atoms with Gasteiger partial charge in [0.2, 0.25) is 0 Å². The number of nitrogens with zero attached hydrogens (tertiary/aromatic N) is 1. The second-order valence-electron chi connectivity index (χ2n) is 6.32. The Morgan fingerprint density at radius 3 is 2.38 bits per heavy atom. The Bertz CT molecular complexity index is 717. The summed E-state index contributed by atoms with van der Waals surface area (Å²) in [7, 11) is 0. The minimum Gasteiger partial charge on any atom is -0.484 e. The van der Waals surface area contributed by atoms with Crippen molar-refractivity contribution in [2.24, 2.45) is 0 Å². The molecule has 0 atom stereocenters. The van der Waals surface area contributed by atoms with Crippen molar-refractivity contribution in [1.82, 2.24) is 15.8 Å². The second kappa shape index (κ2) is 7.44. The first-order valence-electron chi connectivity index (χ1n) is 7.50. The number of hydrazine groups is 1. The van der Waals surface area contributed by atoms with Crippen LogP contribution in [0.3, 0.4) is 0 Å². The van der Waals surface area contributed by atoms with Gasteiger partial charge in [-0.3, -0.25) is 20.4 Å². The first kappa shape index (κ1) is 17.9. The molecule has 0 unspecified atom stereocenters. The molecule has 0 fully saturated rings. The average Bonchev–Trinajstić information content (AvgIpc) is 2.96. The fourth-order valence-corrected chi connectivity index (χ4v) is 2.49. The second-order valence-corrected chi connectivity index (χ2v) is 7.38. The summed E-state index contributed by atoms with van der Waals surface area (Å²) in [6.45, 7) is 8.00. The van der Waals surface area contributed by atoms with Crippen LogP contribution in [0.25, 0.3) is 0 Å².